The van der Waals surface area contributed by atoms with Crippen LogP contribution in [0.2, 0.25) is 0 Å². The van der Waals surface area contributed by atoms with Gasteiger partial charge in [0.1, 0.15) is 0 Å². The van der Waals surface area contributed by atoms with E-state index in [0.29, 0.717) is 18.6 Å². The summed E-state index contributed by atoms with van der Waals surface area (Å²) in [6.45, 7) is 11.7. The van der Waals surface area contributed by atoms with Gasteiger partial charge in [0, 0.05) is 31.7 Å². The Kier molecular flexibility index (Phi) is 22.7. The van der Waals surface area contributed by atoms with Gasteiger partial charge < -0.3 is 14.7 Å². The molecule has 5 heteroatoms. The molecule has 0 spiro atoms. The van der Waals surface area contributed by atoms with Crippen LogP contribution in [0.15, 0.2) is 67.3 Å². The first kappa shape index (κ1) is 40.5. The van der Waals surface area contributed by atoms with Crippen molar-refractivity contribution >= 4 is 11.8 Å². The summed E-state index contributed by atoms with van der Waals surface area (Å²) in [5.74, 6) is 0.303. The molecule has 0 radical (unpaired) electrons. The largest absolute Gasteiger partial charge is 0.336 e. The van der Waals surface area contributed by atoms with Gasteiger partial charge in [0.2, 0.25) is 11.8 Å². The fourth-order valence-electron chi connectivity index (χ4n) is 6.49. The molecule has 1 fully saturated rings. The molecule has 1 aliphatic rings. The SMILES string of the molecule is C=CC(C)N(C)CCCCCCC/C=C/C(=O)N(CCCC/C=C/C(=O)N(CCCCCCC)Cc1ccccc1)C1CCCCC1. The molecular formula is C42H69N3O2. The second kappa shape index (κ2) is 26.3. The number of allylic oxidation sites excluding steroid dienone is 2. The van der Waals surface area contributed by atoms with Gasteiger partial charge in [-0.25, -0.2) is 0 Å². The number of carbonyl (C=O) groups excluding carboxylic acids is 2. The minimum absolute atomic E-state index is 0.110. The number of rotatable bonds is 26. The summed E-state index contributed by atoms with van der Waals surface area (Å²) in [5.41, 5.74) is 1.18. The standard InChI is InChI=1S/C42H69N3O2/c1-5-7-8-14-26-35-44(37-39-28-19-17-20-29-39)41(46)32-23-13-16-27-36-45(40-30-21-18-22-31-40)42(47)33-24-12-10-9-11-15-25-34-43(4)38(3)6-2/h6,17,19-20,23-24,28-29,32-33,38,40H,2,5,7-16,18,21-22,25-27,30-31,34-37H2,1,3-4H3/b32-23+,33-24+. The van der Waals surface area contributed by atoms with Crippen LogP contribution in [-0.2, 0) is 16.1 Å². The Labute approximate surface area is 289 Å². The minimum Gasteiger partial charge on any atom is -0.336 e. The zero-order chi connectivity index (χ0) is 34.0. The van der Waals surface area contributed by atoms with E-state index in [0.717, 1.165) is 71.0 Å². The highest BCUT2D eigenvalue weighted by molar-refractivity contribution is 5.88. The Morgan fingerprint density at radius 1 is 0.766 bits per heavy atom. The lowest BCUT2D eigenvalue weighted by Gasteiger charge is -2.34. The molecule has 1 atom stereocenters. The lowest BCUT2D eigenvalue weighted by Crippen LogP contribution is -2.41. The number of unbranched alkanes of at least 4 members (excludes halogenated alkanes) is 11. The molecule has 1 unspecified atom stereocenters. The van der Waals surface area contributed by atoms with Crippen LogP contribution >= 0.6 is 0 Å². The Morgan fingerprint density at radius 2 is 1.34 bits per heavy atom. The molecule has 2 rings (SSSR count). The van der Waals surface area contributed by atoms with Gasteiger partial charge in [-0.1, -0.05) is 120 Å². The fraction of sp³-hybridized carbons (Fsp3) is 0.667. The minimum atomic E-state index is 0.110. The van der Waals surface area contributed by atoms with Crippen molar-refractivity contribution in [3.05, 3.63) is 72.9 Å². The fourth-order valence-corrected chi connectivity index (χ4v) is 6.49. The van der Waals surface area contributed by atoms with E-state index in [9.17, 15) is 9.59 Å². The zero-order valence-corrected chi connectivity index (χ0v) is 30.6. The average molecular weight is 648 g/mol. The van der Waals surface area contributed by atoms with Crippen LogP contribution in [0.3, 0.4) is 0 Å². The normalized spacial score (nSPS) is 14.6. The lowest BCUT2D eigenvalue weighted by atomic mass is 9.94. The van der Waals surface area contributed by atoms with Gasteiger partial charge in [0.05, 0.1) is 0 Å². The van der Waals surface area contributed by atoms with Gasteiger partial charge in [-0.2, -0.15) is 0 Å². The monoisotopic (exact) mass is 648 g/mol. The Hall–Kier alpha value is -2.66. The highest BCUT2D eigenvalue weighted by Gasteiger charge is 2.23. The number of benzene rings is 1. The van der Waals surface area contributed by atoms with E-state index in [1.807, 2.05) is 41.3 Å². The van der Waals surface area contributed by atoms with Crippen LogP contribution in [0.5, 0.6) is 0 Å². The Bertz CT molecular complexity index is 1010. The molecule has 47 heavy (non-hydrogen) atoms. The van der Waals surface area contributed by atoms with Crippen molar-refractivity contribution in [2.45, 2.75) is 154 Å². The van der Waals surface area contributed by atoms with Crippen molar-refractivity contribution in [3.63, 3.8) is 0 Å². The number of likely N-dealkylation sites (N-methyl/N-ethyl adjacent to an activating group) is 1. The third-order valence-corrected chi connectivity index (χ3v) is 9.82. The van der Waals surface area contributed by atoms with E-state index >= 15 is 0 Å². The molecule has 0 heterocycles. The van der Waals surface area contributed by atoms with E-state index in [4.69, 9.17) is 0 Å². The molecular weight excluding hydrogens is 578 g/mol. The zero-order valence-electron chi connectivity index (χ0n) is 30.6. The number of carbonyl (C=O) groups is 2. The summed E-state index contributed by atoms with van der Waals surface area (Å²) in [6, 6.07) is 11.1. The average Bonchev–Trinajstić information content (AvgIpc) is 3.10. The third kappa shape index (κ3) is 18.5. The van der Waals surface area contributed by atoms with Crippen molar-refractivity contribution in [2.24, 2.45) is 0 Å². The molecule has 0 bridgehead atoms. The van der Waals surface area contributed by atoms with Gasteiger partial charge in [-0.15, -0.1) is 6.58 Å². The maximum Gasteiger partial charge on any atom is 0.246 e. The summed E-state index contributed by atoms with van der Waals surface area (Å²) < 4.78 is 0. The maximum atomic E-state index is 13.3. The molecule has 1 aromatic carbocycles. The smallest absolute Gasteiger partial charge is 0.246 e. The van der Waals surface area contributed by atoms with Crippen LogP contribution < -0.4 is 0 Å². The topological polar surface area (TPSA) is 43.9 Å². The van der Waals surface area contributed by atoms with Crippen LogP contribution in [0.1, 0.15) is 141 Å². The van der Waals surface area contributed by atoms with Crippen molar-refractivity contribution in [3.8, 4) is 0 Å². The second-order valence-electron chi connectivity index (χ2n) is 13.8. The number of nitrogens with zero attached hydrogens (tertiary/aromatic N) is 3. The lowest BCUT2D eigenvalue weighted by molar-refractivity contribution is -0.129. The van der Waals surface area contributed by atoms with Crippen LogP contribution in [0.25, 0.3) is 0 Å². The van der Waals surface area contributed by atoms with Gasteiger partial charge >= 0.3 is 0 Å². The van der Waals surface area contributed by atoms with Crippen molar-refractivity contribution in [1.82, 2.24) is 14.7 Å². The summed E-state index contributed by atoms with van der Waals surface area (Å²) in [5, 5.41) is 0. The van der Waals surface area contributed by atoms with Crippen molar-refractivity contribution in [1.29, 1.82) is 0 Å². The van der Waals surface area contributed by atoms with E-state index in [1.165, 1.54) is 76.2 Å². The van der Waals surface area contributed by atoms with E-state index in [1.54, 1.807) is 6.08 Å². The number of hydrogen-bond acceptors (Lipinski definition) is 3. The molecule has 0 saturated heterocycles. The van der Waals surface area contributed by atoms with Crippen LogP contribution in [-0.4, -0.2) is 65.3 Å². The molecule has 5 nitrogen and oxygen atoms in total. The van der Waals surface area contributed by atoms with Crippen molar-refractivity contribution < 1.29 is 9.59 Å². The molecule has 264 valence electrons. The summed E-state index contributed by atoms with van der Waals surface area (Å²) in [4.78, 5) is 33.0. The van der Waals surface area contributed by atoms with E-state index in [-0.39, 0.29) is 11.8 Å². The van der Waals surface area contributed by atoms with E-state index in [2.05, 4.69) is 55.5 Å². The molecule has 0 aromatic heterocycles. The van der Waals surface area contributed by atoms with Gasteiger partial charge in [-0.3, -0.25) is 9.59 Å². The number of amides is 2. The molecule has 1 saturated carbocycles. The predicted molar refractivity (Wildman–Crippen MR) is 201 cm³/mol. The predicted octanol–water partition coefficient (Wildman–Crippen LogP) is 10.3. The summed E-state index contributed by atoms with van der Waals surface area (Å²) in [6.07, 6.45) is 31.7. The van der Waals surface area contributed by atoms with Gasteiger partial charge in [0.15, 0.2) is 0 Å². The van der Waals surface area contributed by atoms with Crippen LogP contribution in [0.4, 0.5) is 0 Å². The molecule has 0 N–H and O–H groups in total. The van der Waals surface area contributed by atoms with Gasteiger partial charge in [-0.05, 0) is 96.0 Å². The molecule has 1 aromatic rings. The quantitative estimate of drug-likeness (QED) is 0.0571. The highest BCUT2D eigenvalue weighted by Crippen LogP contribution is 2.23. The third-order valence-electron chi connectivity index (χ3n) is 9.82. The first-order valence-electron chi connectivity index (χ1n) is 19.3. The Morgan fingerprint density at radius 3 is 2.02 bits per heavy atom. The molecule has 1 aliphatic carbocycles. The maximum absolute atomic E-state index is 13.3. The van der Waals surface area contributed by atoms with Crippen molar-refractivity contribution in [2.75, 3.05) is 26.7 Å². The molecule has 0 aliphatic heterocycles. The first-order valence-corrected chi connectivity index (χ1v) is 19.3. The number of hydrogen-bond donors (Lipinski definition) is 0. The van der Waals surface area contributed by atoms with Gasteiger partial charge in [0.25, 0.3) is 0 Å². The Balaban J connectivity index is 1.74. The first-order chi connectivity index (χ1) is 23.0. The molecule has 2 amide bonds. The van der Waals surface area contributed by atoms with E-state index < -0.39 is 0 Å². The van der Waals surface area contributed by atoms with Crippen LogP contribution in [0, 0.1) is 0 Å². The summed E-state index contributed by atoms with van der Waals surface area (Å²) >= 11 is 0. The highest BCUT2D eigenvalue weighted by atomic mass is 16.2. The second-order valence-corrected chi connectivity index (χ2v) is 13.8. The summed E-state index contributed by atoms with van der Waals surface area (Å²) in [7, 11) is 2.17.